The highest BCUT2D eigenvalue weighted by atomic mass is 79.9. The number of hydrogen-bond donors (Lipinski definition) is 1. The van der Waals surface area contributed by atoms with Crippen molar-refractivity contribution in [3.8, 4) is 0 Å². The Kier molecular flexibility index (Phi) is 5.41. The van der Waals surface area contributed by atoms with Crippen LogP contribution in [-0.4, -0.2) is 26.0 Å². The fourth-order valence-corrected chi connectivity index (χ4v) is 3.20. The SMILES string of the molecule is O=S(=O)(CC1CC1)NCCCCCBr. The average Bonchev–Trinajstić information content (AvgIpc) is 2.87. The predicted octanol–water partition coefficient (Wildman–Crippen LogP) is 1.88. The first kappa shape index (κ1) is 12.5. The maximum atomic E-state index is 11.4. The van der Waals surface area contributed by atoms with Crippen LogP contribution < -0.4 is 4.72 Å². The molecule has 0 radical (unpaired) electrons. The second kappa shape index (κ2) is 6.08. The summed E-state index contributed by atoms with van der Waals surface area (Å²) in [6.45, 7) is 0.599. The molecule has 0 amide bonds. The average molecular weight is 284 g/mol. The molecule has 1 aliphatic rings. The van der Waals surface area contributed by atoms with Crippen molar-refractivity contribution in [2.75, 3.05) is 17.6 Å². The van der Waals surface area contributed by atoms with Gasteiger partial charge < -0.3 is 0 Å². The van der Waals surface area contributed by atoms with Crippen molar-refractivity contribution < 1.29 is 8.42 Å². The highest BCUT2D eigenvalue weighted by Crippen LogP contribution is 2.29. The molecule has 0 aliphatic heterocycles. The second-order valence-electron chi connectivity index (χ2n) is 3.87. The summed E-state index contributed by atoms with van der Waals surface area (Å²) in [4.78, 5) is 0. The van der Waals surface area contributed by atoms with E-state index in [1.807, 2.05) is 0 Å². The Morgan fingerprint density at radius 3 is 2.50 bits per heavy atom. The fourth-order valence-electron chi connectivity index (χ4n) is 1.28. The molecule has 0 atom stereocenters. The smallest absolute Gasteiger partial charge is 0.211 e. The van der Waals surface area contributed by atoms with Gasteiger partial charge in [-0.25, -0.2) is 13.1 Å². The van der Waals surface area contributed by atoms with Crippen molar-refractivity contribution in [2.45, 2.75) is 32.1 Å². The highest BCUT2D eigenvalue weighted by molar-refractivity contribution is 9.09. The summed E-state index contributed by atoms with van der Waals surface area (Å²) in [6.07, 6.45) is 5.31. The van der Waals surface area contributed by atoms with Crippen LogP contribution in [-0.2, 0) is 10.0 Å². The molecule has 0 heterocycles. The predicted molar refractivity (Wildman–Crippen MR) is 62.2 cm³/mol. The zero-order valence-corrected chi connectivity index (χ0v) is 10.7. The van der Waals surface area contributed by atoms with E-state index in [9.17, 15) is 8.42 Å². The molecule has 14 heavy (non-hydrogen) atoms. The van der Waals surface area contributed by atoms with Crippen LogP contribution in [0.25, 0.3) is 0 Å². The number of nitrogens with one attached hydrogen (secondary N) is 1. The largest absolute Gasteiger partial charge is 0.215 e. The molecule has 0 aromatic rings. The molecule has 1 rings (SSSR count). The number of alkyl halides is 1. The summed E-state index contributed by atoms with van der Waals surface area (Å²) >= 11 is 3.34. The quantitative estimate of drug-likeness (QED) is 0.546. The minimum atomic E-state index is -2.97. The van der Waals surface area contributed by atoms with Crippen molar-refractivity contribution in [2.24, 2.45) is 5.92 Å². The Morgan fingerprint density at radius 1 is 1.21 bits per heavy atom. The van der Waals surface area contributed by atoms with Crippen molar-refractivity contribution in [3.63, 3.8) is 0 Å². The Hall–Kier alpha value is 0.390. The number of hydrogen-bond acceptors (Lipinski definition) is 2. The van der Waals surface area contributed by atoms with Gasteiger partial charge in [-0.05, 0) is 31.6 Å². The van der Waals surface area contributed by atoms with Crippen LogP contribution in [0.2, 0.25) is 0 Å². The van der Waals surface area contributed by atoms with Gasteiger partial charge in [0.1, 0.15) is 0 Å². The Balaban J connectivity index is 2.03. The standard InChI is InChI=1S/C9H18BrNO2S/c10-6-2-1-3-7-11-14(12,13)8-9-4-5-9/h9,11H,1-8H2. The minimum Gasteiger partial charge on any atom is -0.215 e. The summed E-state index contributed by atoms with van der Waals surface area (Å²) in [5.74, 6) is 0.779. The fraction of sp³-hybridized carbons (Fsp3) is 1.00. The first-order valence-corrected chi connectivity index (χ1v) is 7.95. The van der Waals surface area contributed by atoms with E-state index in [2.05, 4.69) is 20.7 Å². The first-order valence-electron chi connectivity index (χ1n) is 5.17. The topological polar surface area (TPSA) is 46.2 Å². The van der Waals surface area contributed by atoms with Gasteiger partial charge in [0.15, 0.2) is 0 Å². The van der Waals surface area contributed by atoms with E-state index in [0.29, 0.717) is 18.2 Å². The normalized spacial score (nSPS) is 17.2. The molecule has 3 nitrogen and oxygen atoms in total. The monoisotopic (exact) mass is 283 g/mol. The Bertz CT molecular complexity index is 250. The van der Waals surface area contributed by atoms with E-state index >= 15 is 0 Å². The van der Waals surface area contributed by atoms with Crippen molar-refractivity contribution >= 4 is 26.0 Å². The lowest BCUT2D eigenvalue weighted by Crippen LogP contribution is -2.28. The van der Waals surface area contributed by atoms with Crippen LogP contribution in [0.4, 0.5) is 0 Å². The molecule has 1 N–H and O–H groups in total. The van der Waals surface area contributed by atoms with Crippen LogP contribution in [0, 0.1) is 5.92 Å². The van der Waals surface area contributed by atoms with E-state index < -0.39 is 10.0 Å². The molecule has 5 heteroatoms. The first-order chi connectivity index (χ1) is 6.64. The number of rotatable bonds is 8. The molecule has 0 bridgehead atoms. The molecule has 1 aliphatic carbocycles. The van der Waals surface area contributed by atoms with Crippen LogP contribution in [0.15, 0.2) is 0 Å². The van der Waals surface area contributed by atoms with E-state index in [-0.39, 0.29) is 0 Å². The summed E-state index contributed by atoms with van der Waals surface area (Å²) in [5.41, 5.74) is 0. The lowest BCUT2D eigenvalue weighted by molar-refractivity contribution is 0.572. The number of unbranched alkanes of at least 4 members (excludes halogenated alkanes) is 2. The van der Waals surface area contributed by atoms with Gasteiger partial charge in [0, 0.05) is 11.9 Å². The molecule has 0 saturated heterocycles. The molecule has 0 unspecified atom stereocenters. The highest BCUT2D eigenvalue weighted by Gasteiger charge is 2.27. The van der Waals surface area contributed by atoms with Crippen LogP contribution in [0.5, 0.6) is 0 Å². The van der Waals surface area contributed by atoms with Gasteiger partial charge in [-0.15, -0.1) is 0 Å². The van der Waals surface area contributed by atoms with Gasteiger partial charge in [-0.1, -0.05) is 22.4 Å². The summed E-state index contributed by atoms with van der Waals surface area (Å²) < 4.78 is 25.4. The van der Waals surface area contributed by atoms with Gasteiger partial charge in [-0.3, -0.25) is 0 Å². The second-order valence-corrected chi connectivity index (χ2v) is 6.51. The summed E-state index contributed by atoms with van der Waals surface area (Å²) in [6, 6.07) is 0. The molecule has 84 valence electrons. The van der Waals surface area contributed by atoms with Gasteiger partial charge >= 0.3 is 0 Å². The third kappa shape index (κ3) is 5.98. The summed E-state index contributed by atoms with van der Waals surface area (Å²) in [5, 5.41) is 1.00. The van der Waals surface area contributed by atoms with Gasteiger partial charge in [-0.2, -0.15) is 0 Å². The van der Waals surface area contributed by atoms with E-state index in [0.717, 1.165) is 37.4 Å². The molecule has 1 saturated carbocycles. The zero-order chi connectivity index (χ0) is 10.4. The maximum absolute atomic E-state index is 11.4. The lowest BCUT2D eigenvalue weighted by Gasteiger charge is -2.04. The van der Waals surface area contributed by atoms with Crippen LogP contribution in [0.3, 0.4) is 0 Å². The van der Waals surface area contributed by atoms with E-state index in [4.69, 9.17) is 0 Å². The van der Waals surface area contributed by atoms with Crippen LogP contribution in [0.1, 0.15) is 32.1 Å². The minimum absolute atomic E-state index is 0.339. The zero-order valence-electron chi connectivity index (χ0n) is 8.34. The number of sulfonamides is 1. The molecular weight excluding hydrogens is 266 g/mol. The number of halogens is 1. The van der Waals surface area contributed by atoms with E-state index in [1.165, 1.54) is 0 Å². The summed E-state index contributed by atoms with van der Waals surface area (Å²) in [7, 11) is -2.97. The molecule has 1 fully saturated rings. The lowest BCUT2D eigenvalue weighted by atomic mass is 10.3. The Labute approximate surface area is 94.8 Å². The maximum Gasteiger partial charge on any atom is 0.211 e. The van der Waals surface area contributed by atoms with Crippen molar-refractivity contribution in [1.82, 2.24) is 4.72 Å². The molecule has 0 aromatic carbocycles. The van der Waals surface area contributed by atoms with Gasteiger partial charge in [0.2, 0.25) is 10.0 Å². The van der Waals surface area contributed by atoms with Crippen LogP contribution >= 0.6 is 15.9 Å². The van der Waals surface area contributed by atoms with E-state index in [1.54, 1.807) is 0 Å². The molecule has 0 aromatic heterocycles. The van der Waals surface area contributed by atoms with Crippen molar-refractivity contribution in [1.29, 1.82) is 0 Å². The van der Waals surface area contributed by atoms with Gasteiger partial charge in [0.25, 0.3) is 0 Å². The molecule has 0 spiro atoms. The third-order valence-electron chi connectivity index (χ3n) is 2.28. The van der Waals surface area contributed by atoms with Crippen molar-refractivity contribution in [3.05, 3.63) is 0 Å². The Morgan fingerprint density at radius 2 is 1.93 bits per heavy atom. The van der Waals surface area contributed by atoms with Gasteiger partial charge in [0.05, 0.1) is 5.75 Å². The third-order valence-corrected chi connectivity index (χ3v) is 4.40. The molecular formula is C9H18BrNO2S.